The predicted molar refractivity (Wildman–Crippen MR) is 106 cm³/mol. The van der Waals surface area contributed by atoms with Gasteiger partial charge in [0.25, 0.3) is 0 Å². The van der Waals surface area contributed by atoms with Crippen molar-refractivity contribution in [3.63, 3.8) is 0 Å². The Kier molecular flexibility index (Phi) is 6.27. The van der Waals surface area contributed by atoms with E-state index in [-0.39, 0.29) is 17.9 Å². The van der Waals surface area contributed by atoms with Crippen LogP contribution in [0.5, 0.6) is 0 Å². The highest BCUT2D eigenvalue weighted by Crippen LogP contribution is 2.28. The van der Waals surface area contributed by atoms with E-state index in [1.807, 2.05) is 37.5 Å². The van der Waals surface area contributed by atoms with Gasteiger partial charge in [-0.15, -0.1) is 0 Å². The molecule has 0 radical (unpaired) electrons. The number of aromatic nitrogens is 1. The average Bonchev–Trinajstić information content (AvgIpc) is 2.72. The molecule has 1 fully saturated rings. The van der Waals surface area contributed by atoms with Crippen LogP contribution in [0.3, 0.4) is 0 Å². The zero-order valence-corrected chi connectivity index (χ0v) is 16.1. The molecule has 1 aliphatic rings. The maximum atomic E-state index is 12.5. The van der Waals surface area contributed by atoms with Crippen molar-refractivity contribution in [2.45, 2.75) is 32.2 Å². The normalized spacial score (nSPS) is 19.5. The van der Waals surface area contributed by atoms with Crippen LogP contribution in [0, 0.1) is 11.8 Å². The lowest BCUT2D eigenvalue weighted by Gasteiger charge is -2.28. The summed E-state index contributed by atoms with van der Waals surface area (Å²) in [5.74, 6) is 0.722. The van der Waals surface area contributed by atoms with Crippen molar-refractivity contribution in [2.75, 3.05) is 20.6 Å². The number of rotatable bonds is 5. The molecule has 27 heavy (non-hydrogen) atoms. The summed E-state index contributed by atoms with van der Waals surface area (Å²) < 4.78 is 0. The van der Waals surface area contributed by atoms with Crippen LogP contribution in [0.4, 0.5) is 4.79 Å². The second-order valence-corrected chi connectivity index (χ2v) is 7.39. The van der Waals surface area contributed by atoms with Gasteiger partial charge in [-0.1, -0.05) is 18.2 Å². The number of nitrogens with zero attached hydrogens (tertiary/aromatic N) is 2. The molecule has 2 aromatic rings. The third-order valence-electron chi connectivity index (χ3n) is 5.53. The molecule has 1 saturated carbocycles. The number of amides is 3. The van der Waals surface area contributed by atoms with Gasteiger partial charge in [0, 0.05) is 50.9 Å². The third kappa shape index (κ3) is 4.76. The fraction of sp³-hybridized carbons (Fsp3) is 0.476. The molecule has 6 heteroatoms. The molecule has 0 unspecified atom stereocenters. The Morgan fingerprint density at radius 3 is 2.70 bits per heavy atom. The highest BCUT2D eigenvalue weighted by molar-refractivity contribution is 5.85. The van der Waals surface area contributed by atoms with Gasteiger partial charge in [-0.2, -0.15) is 0 Å². The molecule has 0 spiro atoms. The molecular formula is C21H28N4O2. The van der Waals surface area contributed by atoms with Gasteiger partial charge in [-0.05, 0) is 48.6 Å². The van der Waals surface area contributed by atoms with Crippen molar-refractivity contribution in [3.05, 3.63) is 42.2 Å². The Hall–Kier alpha value is -2.63. The quantitative estimate of drug-likeness (QED) is 0.852. The smallest absolute Gasteiger partial charge is 0.317 e. The zero-order chi connectivity index (χ0) is 19.2. The molecular weight excluding hydrogens is 340 g/mol. The lowest BCUT2D eigenvalue weighted by atomic mass is 9.81. The molecule has 2 N–H and O–H groups in total. The van der Waals surface area contributed by atoms with Crippen LogP contribution in [0.2, 0.25) is 0 Å². The molecule has 144 valence electrons. The first-order valence-electron chi connectivity index (χ1n) is 9.60. The Morgan fingerprint density at radius 2 is 1.96 bits per heavy atom. The van der Waals surface area contributed by atoms with Crippen LogP contribution >= 0.6 is 0 Å². The maximum absolute atomic E-state index is 12.5. The van der Waals surface area contributed by atoms with Gasteiger partial charge in [0.15, 0.2) is 0 Å². The van der Waals surface area contributed by atoms with Crippen LogP contribution in [0.25, 0.3) is 10.8 Å². The van der Waals surface area contributed by atoms with E-state index in [2.05, 4.69) is 15.6 Å². The van der Waals surface area contributed by atoms with E-state index < -0.39 is 0 Å². The van der Waals surface area contributed by atoms with E-state index >= 15 is 0 Å². The molecule has 0 saturated heterocycles. The summed E-state index contributed by atoms with van der Waals surface area (Å²) in [6.45, 7) is 1.22. The maximum Gasteiger partial charge on any atom is 0.317 e. The van der Waals surface area contributed by atoms with Crippen molar-refractivity contribution < 1.29 is 9.59 Å². The van der Waals surface area contributed by atoms with Gasteiger partial charge in [0.1, 0.15) is 0 Å². The highest BCUT2D eigenvalue weighted by atomic mass is 16.2. The van der Waals surface area contributed by atoms with Crippen LogP contribution in [0.1, 0.15) is 31.2 Å². The van der Waals surface area contributed by atoms with Crippen LogP contribution in [-0.2, 0) is 11.3 Å². The summed E-state index contributed by atoms with van der Waals surface area (Å²) in [5.41, 5.74) is 1.11. The van der Waals surface area contributed by atoms with Crippen LogP contribution in [0.15, 0.2) is 36.7 Å². The van der Waals surface area contributed by atoms with Gasteiger partial charge in [-0.3, -0.25) is 9.78 Å². The molecule has 1 aromatic heterocycles. The first kappa shape index (κ1) is 19.1. The first-order valence-corrected chi connectivity index (χ1v) is 9.60. The van der Waals surface area contributed by atoms with Crippen molar-refractivity contribution in [1.82, 2.24) is 20.5 Å². The van der Waals surface area contributed by atoms with Crippen molar-refractivity contribution in [2.24, 2.45) is 11.8 Å². The number of carbonyl (C=O) groups is 2. The SMILES string of the molecule is CNC(=O)C1CCC(CNC(=O)N(C)Cc2cccc3cnccc23)CC1. The number of urea groups is 1. The Bertz CT molecular complexity index is 794. The zero-order valence-electron chi connectivity index (χ0n) is 16.1. The first-order chi connectivity index (χ1) is 13.1. The fourth-order valence-electron chi connectivity index (χ4n) is 3.85. The third-order valence-corrected chi connectivity index (χ3v) is 5.53. The van der Waals surface area contributed by atoms with Gasteiger partial charge >= 0.3 is 6.03 Å². The predicted octanol–water partition coefficient (Wildman–Crippen LogP) is 2.93. The Balaban J connectivity index is 1.49. The lowest BCUT2D eigenvalue weighted by molar-refractivity contribution is -0.125. The average molecular weight is 368 g/mol. The second kappa shape index (κ2) is 8.84. The van der Waals surface area contributed by atoms with Crippen LogP contribution < -0.4 is 10.6 Å². The van der Waals surface area contributed by atoms with Gasteiger partial charge in [-0.25, -0.2) is 4.79 Å². The number of nitrogens with one attached hydrogen (secondary N) is 2. The number of carbonyl (C=O) groups excluding carboxylic acids is 2. The Morgan fingerprint density at radius 1 is 1.19 bits per heavy atom. The molecule has 0 bridgehead atoms. The minimum atomic E-state index is -0.0607. The topological polar surface area (TPSA) is 74.3 Å². The van der Waals surface area contributed by atoms with Gasteiger partial charge in [0.05, 0.1) is 0 Å². The Labute approximate surface area is 160 Å². The van der Waals surface area contributed by atoms with E-state index in [4.69, 9.17) is 0 Å². The second-order valence-electron chi connectivity index (χ2n) is 7.39. The number of benzene rings is 1. The minimum absolute atomic E-state index is 0.0607. The highest BCUT2D eigenvalue weighted by Gasteiger charge is 2.26. The summed E-state index contributed by atoms with van der Waals surface area (Å²) in [6.07, 6.45) is 7.39. The van der Waals surface area contributed by atoms with E-state index in [0.29, 0.717) is 19.0 Å². The standard InChI is InChI=1S/C21H28N4O2/c1-22-20(26)16-8-6-15(7-9-16)12-24-21(27)25(2)14-18-5-3-4-17-13-23-11-10-19(17)18/h3-5,10-11,13,15-16H,6-9,12,14H2,1-2H3,(H,22,26)(H,24,27). The largest absolute Gasteiger partial charge is 0.359 e. The molecule has 6 nitrogen and oxygen atoms in total. The summed E-state index contributed by atoms with van der Waals surface area (Å²) in [7, 11) is 3.51. The minimum Gasteiger partial charge on any atom is -0.359 e. The number of fused-ring (bicyclic) bond motifs is 1. The molecule has 0 atom stereocenters. The molecule has 1 aliphatic carbocycles. The summed E-state index contributed by atoms with van der Waals surface area (Å²) in [4.78, 5) is 30.1. The summed E-state index contributed by atoms with van der Waals surface area (Å²) >= 11 is 0. The van der Waals surface area contributed by atoms with Crippen molar-refractivity contribution in [1.29, 1.82) is 0 Å². The summed E-state index contributed by atoms with van der Waals surface area (Å²) in [5, 5.41) is 7.99. The van der Waals surface area contributed by atoms with E-state index in [1.165, 1.54) is 0 Å². The van der Waals surface area contributed by atoms with E-state index in [1.54, 1.807) is 18.1 Å². The van der Waals surface area contributed by atoms with Gasteiger partial charge < -0.3 is 15.5 Å². The lowest BCUT2D eigenvalue weighted by Crippen LogP contribution is -2.40. The number of pyridine rings is 1. The molecule has 0 aliphatic heterocycles. The molecule has 1 aromatic carbocycles. The van der Waals surface area contributed by atoms with Gasteiger partial charge in [0.2, 0.25) is 5.91 Å². The van der Waals surface area contributed by atoms with Crippen LogP contribution in [-0.4, -0.2) is 42.5 Å². The van der Waals surface area contributed by atoms with E-state index in [9.17, 15) is 9.59 Å². The molecule has 3 amide bonds. The summed E-state index contributed by atoms with van der Waals surface area (Å²) in [6, 6.07) is 8.00. The van der Waals surface area contributed by atoms with Crippen molar-refractivity contribution >= 4 is 22.7 Å². The monoisotopic (exact) mass is 368 g/mol. The molecule has 1 heterocycles. The van der Waals surface area contributed by atoms with E-state index in [0.717, 1.165) is 42.0 Å². The van der Waals surface area contributed by atoms with Crippen molar-refractivity contribution in [3.8, 4) is 0 Å². The fourth-order valence-corrected chi connectivity index (χ4v) is 3.85. The number of hydrogen-bond acceptors (Lipinski definition) is 3. The molecule has 3 rings (SSSR count). The number of hydrogen-bond donors (Lipinski definition) is 2.